The molecule has 1 unspecified atom stereocenters. The van der Waals surface area contributed by atoms with E-state index < -0.39 is 68.5 Å². The Hall–Kier alpha value is -7.13. The zero-order valence-corrected chi connectivity index (χ0v) is 35.9. The molecule has 6 heterocycles. The van der Waals surface area contributed by atoms with E-state index in [-0.39, 0.29) is 59.3 Å². The normalized spacial score (nSPS) is 20.0. The number of anilines is 3. The average Bonchev–Trinajstić information content (AvgIpc) is 3.82. The van der Waals surface area contributed by atoms with E-state index in [0.29, 0.717) is 67.3 Å². The molecule has 65 heavy (non-hydrogen) atoms. The van der Waals surface area contributed by atoms with E-state index >= 15 is 8.78 Å². The van der Waals surface area contributed by atoms with Crippen molar-refractivity contribution in [2.24, 2.45) is 5.92 Å². The molecule has 0 radical (unpaired) electrons. The van der Waals surface area contributed by atoms with Crippen LogP contribution in [0, 0.1) is 17.6 Å². The van der Waals surface area contributed by atoms with Crippen LogP contribution in [0.15, 0.2) is 67.1 Å². The van der Waals surface area contributed by atoms with Gasteiger partial charge in [-0.3, -0.25) is 43.7 Å². The predicted octanol–water partition coefficient (Wildman–Crippen LogP) is 3.68. The molecule has 1 aliphatic carbocycles. The molecule has 1 atom stereocenters. The van der Waals surface area contributed by atoms with Crippen molar-refractivity contribution < 1.29 is 46.0 Å². The fraction of sp³-hybridized carbons (Fsp3) is 0.318. The highest BCUT2D eigenvalue weighted by Gasteiger charge is 2.46. The van der Waals surface area contributed by atoms with Crippen LogP contribution in [0.5, 0.6) is 0 Å². The maximum Gasteiger partial charge on any atom is 0.301 e. The number of carbonyl (C=O) groups excluding carboxylic acids is 6. The molecule has 1 saturated carbocycles. The first kappa shape index (κ1) is 43.1. The van der Waals surface area contributed by atoms with Gasteiger partial charge in [0, 0.05) is 105 Å². The summed E-state index contributed by atoms with van der Waals surface area (Å²) in [5, 5.41) is 5.82. The number of piperazine rings is 1. The summed E-state index contributed by atoms with van der Waals surface area (Å²) in [6, 6.07) is 10.8. The van der Waals surface area contributed by atoms with Crippen molar-refractivity contribution >= 4 is 73.8 Å². The van der Waals surface area contributed by atoms with Gasteiger partial charge < -0.3 is 20.1 Å². The van der Waals surface area contributed by atoms with Crippen molar-refractivity contribution in [2.75, 3.05) is 54.7 Å². The number of rotatable bonds is 12. The maximum atomic E-state index is 15.6. The molecule has 4 aliphatic rings. The minimum Gasteiger partial charge on any atom is -0.382 e. The maximum absolute atomic E-state index is 15.6. The van der Waals surface area contributed by atoms with Crippen LogP contribution in [0.1, 0.15) is 69.2 Å². The van der Waals surface area contributed by atoms with Crippen molar-refractivity contribution in [3.63, 3.8) is 0 Å². The van der Waals surface area contributed by atoms with E-state index in [1.54, 1.807) is 37.5 Å². The Morgan fingerprint density at radius 2 is 1.68 bits per heavy atom. The highest BCUT2D eigenvalue weighted by atomic mass is 32.2. The summed E-state index contributed by atoms with van der Waals surface area (Å²) in [6.45, 7) is 3.70. The number of carbonyl (C=O) groups is 6. The van der Waals surface area contributed by atoms with E-state index in [1.807, 2.05) is 17.0 Å². The zero-order valence-electron chi connectivity index (χ0n) is 35.1. The summed E-state index contributed by atoms with van der Waals surface area (Å²) in [6.07, 6.45) is 5.66. The quantitative estimate of drug-likeness (QED) is 0.104. The number of pyridine rings is 2. The van der Waals surface area contributed by atoms with E-state index in [2.05, 4.69) is 35.2 Å². The van der Waals surface area contributed by atoms with Gasteiger partial charge in [0.1, 0.15) is 23.3 Å². The van der Waals surface area contributed by atoms with Gasteiger partial charge in [0.2, 0.25) is 23.5 Å². The Morgan fingerprint density at radius 1 is 0.923 bits per heavy atom. The molecule has 9 rings (SSSR count). The Bertz CT molecular complexity index is 2930. The SMILES string of the molecule is CCN(C)S(=O)(=O)Nc1ccc(F)c(C(=O)c2c[nH]c3ncc(-c4ccc(N5CCN(C(=O)C6CC(Nc7cccc8c7C(=O)N(C7CCC(=O)NC7=O)C8=O)C6)CC5)nc4)cc23)c1F. The molecule has 5 aromatic rings. The summed E-state index contributed by atoms with van der Waals surface area (Å²) in [5.74, 6) is -5.34. The van der Waals surface area contributed by atoms with Crippen molar-refractivity contribution in [1.29, 1.82) is 0 Å². The summed E-state index contributed by atoms with van der Waals surface area (Å²) in [4.78, 5) is 94.8. The molecule has 3 fully saturated rings. The van der Waals surface area contributed by atoms with Crippen LogP contribution in [0.3, 0.4) is 0 Å². The molecular weight excluding hydrogens is 867 g/mol. The molecule has 18 nitrogen and oxygen atoms in total. The third-order valence-electron chi connectivity index (χ3n) is 12.5. The number of hydrogen-bond donors (Lipinski definition) is 4. The van der Waals surface area contributed by atoms with Crippen LogP contribution < -0.4 is 20.3 Å². The lowest BCUT2D eigenvalue weighted by Crippen LogP contribution is -2.54. The summed E-state index contributed by atoms with van der Waals surface area (Å²) in [5.41, 5.74) is 0.755. The lowest BCUT2D eigenvalue weighted by atomic mass is 9.79. The third-order valence-corrected chi connectivity index (χ3v) is 14.1. The summed E-state index contributed by atoms with van der Waals surface area (Å²) in [7, 11) is -2.88. The smallest absolute Gasteiger partial charge is 0.301 e. The molecule has 2 saturated heterocycles. The molecule has 4 N–H and O–H groups in total. The van der Waals surface area contributed by atoms with Crippen LogP contribution in [-0.4, -0.2) is 125 Å². The van der Waals surface area contributed by atoms with Gasteiger partial charge in [-0.25, -0.2) is 18.7 Å². The number of hydrogen-bond acceptors (Lipinski definition) is 12. The first-order valence-electron chi connectivity index (χ1n) is 21.0. The minimum absolute atomic E-state index is 0.0257. The fourth-order valence-corrected chi connectivity index (χ4v) is 9.59. The Labute approximate surface area is 370 Å². The van der Waals surface area contributed by atoms with E-state index in [9.17, 15) is 37.2 Å². The number of ketones is 1. The van der Waals surface area contributed by atoms with Crippen LogP contribution in [0.25, 0.3) is 22.2 Å². The van der Waals surface area contributed by atoms with Gasteiger partial charge in [0.05, 0.1) is 22.4 Å². The van der Waals surface area contributed by atoms with E-state index in [1.165, 1.54) is 19.3 Å². The number of nitrogens with zero attached hydrogens (tertiary/aromatic N) is 6. The number of aromatic amines is 1. The minimum atomic E-state index is -4.16. The van der Waals surface area contributed by atoms with E-state index in [0.717, 1.165) is 21.3 Å². The van der Waals surface area contributed by atoms with Gasteiger partial charge in [-0.05, 0) is 61.7 Å². The topological polar surface area (TPSA) is 227 Å². The number of nitrogens with one attached hydrogen (secondary N) is 4. The van der Waals surface area contributed by atoms with Crippen LogP contribution in [0.4, 0.5) is 26.0 Å². The molecule has 5 amide bonds. The largest absolute Gasteiger partial charge is 0.382 e. The van der Waals surface area contributed by atoms with Gasteiger partial charge in [0.15, 0.2) is 5.82 Å². The second-order valence-corrected chi connectivity index (χ2v) is 18.1. The van der Waals surface area contributed by atoms with Crippen LogP contribution in [-0.2, 0) is 24.6 Å². The molecule has 3 aromatic heterocycles. The third kappa shape index (κ3) is 7.83. The lowest BCUT2D eigenvalue weighted by Gasteiger charge is -2.41. The Kier molecular flexibility index (Phi) is 11.1. The number of halogens is 2. The van der Waals surface area contributed by atoms with Gasteiger partial charge >= 0.3 is 10.2 Å². The predicted molar refractivity (Wildman–Crippen MR) is 232 cm³/mol. The number of amides is 5. The van der Waals surface area contributed by atoms with Gasteiger partial charge in [-0.15, -0.1) is 0 Å². The highest BCUT2D eigenvalue weighted by Crippen LogP contribution is 2.37. The Morgan fingerprint density at radius 3 is 2.38 bits per heavy atom. The van der Waals surface area contributed by atoms with Gasteiger partial charge in [-0.2, -0.15) is 12.7 Å². The number of benzene rings is 2. The van der Waals surface area contributed by atoms with Gasteiger partial charge in [-0.1, -0.05) is 13.0 Å². The van der Waals surface area contributed by atoms with Crippen molar-refractivity contribution in [3.05, 3.63) is 101 Å². The second-order valence-electron chi connectivity index (χ2n) is 16.4. The van der Waals surface area contributed by atoms with Gasteiger partial charge in [0.25, 0.3) is 11.8 Å². The highest BCUT2D eigenvalue weighted by molar-refractivity contribution is 7.90. The zero-order chi connectivity index (χ0) is 45.9. The van der Waals surface area contributed by atoms with Crippen molar-refractivity contribution in [2.45, 2.75) is 44.7 Å². The molecule has 2 aromatic carbocycles. The molecule has 336 valence electrons. The van der Waals surface area contributed by atoms with Crippen LogP contribution in [0.2, 0.25) is 0 Å². The molecule has 21 heteroatoms. The number of piperidine rings is 1. The Balaban J connectivity index is 0.804. The standard InChI is InChI=1S/C44H42F2N10O8S/c1-3-53(2)65(63,64)52-32-9-8-30(45)37(38(32)46)39(58)29-22-49-40-28(29)19-25(21-48-40)23-7-11-34(47-20-23)54-13-15-55(16-14-54)42(60)24-17-26(18-24)50-31-6-4-5-27-36(31)44(62)56(43(27)61)33-10-12-35(57)51-41(33)59/h4-9,11,19-22,24,26,33,50,52H,3,10,12-18H2,1-2H3,(H,48,49)(H,51,57,59). The molecule has 3 aliphatic heterocycles. The number of imide groups is 2. The van der Waals surface area contributed by atoms with Crippen LogP contribution >= 0.6 is 0 Å². The summed E-state index contributed by atoms with van der Waals surface area (Å²) < 4.78 is 58.8. The molecule has 0 spiro atoms. The van der Waals surface area contributed by atoms with Crippen molar-refractivity contribution in [3.8, 4) is 11.1 Å². The first-order valence-corrected chi connectivity index (χ1v) is 22.4. The van der Waals surface area contributed by atoms with E-state index in [4.69, 9.17) is 0 Å². The first-order chi connectivity index (χ1) is 31.1. The average molecular weight is 909 g/mol. The monoisotopic (exact) mass is 908 g/mol. The second kappa shape index (κ2) is 16.8. The van der Waals surface area contributed by atoms with Crippen molar-refractivity contribution in [1.82, 2.24) is 34.4 Å². The molecule has 0 bridgehead atoms. The molecular formula is C44H42F2N10O8S. The number of fused-ring (bicyclic) bond motifs is 2. The lowest BCUT2D eigenvalue weighted by molar-refractivity contribution is -0.139. The fourth-order valence-electron chi connectivity index (χ4n) is 8.66. The summed E-state index contributed by atoms with van der Waals surface area (Å²) >= 11 is 0. The number of H-pyrrole nitrogens is 1. The number of aromatic nitrogens is 3.